The lowest BCUT2D eigenvalue weighted by Crippen LogP contribution is -2.39. The molecule has 4 rings (SSSR count). The summed E-state index contributed by atoms with van der Waals surface area (Å²) in [4.78, 5) is 19.2. The first-order chi connectivity index (χ1) is 12.6. The molecule has 0 saturated carbocycles. The first-order valence-corrected chi connectivity index (χ1v) is 9.87. The number of benzene rings is 1. The Balaban J connectivity index is 1.38. The highest BCUT2D eigenvalue weighted by molar-refractivity contribution is 7.00. The highest BCUT2D eigenvalue weighted by atomic mass is 32.1. The number of carbonyl (C=O) groups is 1. The normalized spacial score (nSPS) is 15.9. The standard InChI is InChI=1S/C19H23N5OS/c1-13(2)18-20-7-10-24(18)12-14-5-8-23(9-6-14)19(25)15-3-4-16-17(11-15)22-26-21-16/h3-4,7,10-11,13-14H,5-6,8-9,12H2,1-2H3. The van der Waals surface area contributed by atoms with Gasteiger partial charge in [-0.1, -0.05) is 13.8 Å². The number of amides is 1. The van der Waals surface area contributed by atoms with Gasteiger partial charge in [-0.15, -0.1) is 0 Å². The van der Waals surface area contributed by atoms with Crippen LogP contribution in [-0.2, 0) is 6.54 Å². The SMILES string of the molecule is CC(C)c1nccn1CC1CCN(C(=O)c2ccc3nsnc3c2)CC1. The van der Waals surface area contributed by atoms with Gasteiger partial charge >= 0.3 is 0 Å². The average molecular weight is 369 g/mol. The van der Waals surface area contributed by atoms with Crippen LogP contribution < -0.4 is 0 Å². The van der Waals surface area contributed by atoms with E-state index >= 15 is 0 Å². The molecule has 1 fully saturated rings. The fourth-order valence-electron chi connectivity index (χ4n) is 3.67. The fraction of sp³-hybridized carbons (Fsp3) is 0.474. The lowest BCUT2D eigenvalue weighted by atomic mass is 9.96. The van der Waals surface area contributed by atoms with E-state index in [0.717, 1.165) is 49.3 Å². The second-order valence-electron chi connectivity index (χ2n) is 7.30. The summed E-state index contributed by atoms with van der Waals surface area (Å²) in [6.07, 6.45) is 6.02. The van der Waals surface area contributed by atoms with Gasteiger partial charge < -0.3 is 9.47 Å². The number of aromatic nitrogens is 4. The average Bonchev–Trinajstić information content (AvgIpc) is 3.30. The van der Waals surface area contributed by atoms with Crippen LogP contribution in [0.3, 0.4) is 0 Å². The highest BCUT2D eigenvalue weighted by Gasteiger charge is 2.25. The van der Waals surface area contributed by atoms with Crippen LogP contribution in [0.15, 0.2) is 30.6 Å². The predicted octanol–water partition coefficient (Wildman–Crippen LogP) is 3.56. The van der Waals surface area contributed by atoms with Crippen molar-refractivity contribution in [2.75, 3.05) is 13.1 Å². The zero-order chi connectivity index (χ0) is 18.1. The topological polar surface area (TPSA) is 63.9 Å². The van der Waals surface area contributed by atoms with E-state index in [1.165, 1.54) is 11.7 Å². The van der Waals surface area contributed by atoms with Crippen molar-refractivity contribution in [3.63, 3.8) is 0 Å². The van der Waals surface area contributed by atoms with Crippen LogP contribution in [-0.4, -0.2) is 42.2 Å². The molecule has 0 unspecified atom stereocenters. The molecule has 3 aromatic rings. The van der Waals surface area contributed by atoms with Gasteiger partial charge in [-0.25, -0.2) is 4.98 Å². The van der Waals surface area contributed by atoms with Gasteiger partial charge in [-0.3, -0.25) is 4.79 Å². The van der Waals surface area contributed by atoms with E-state index in [-0.39, 0.29) is 5.91 Å². The number of carbonyl (C=O) groups excluding carboxylic acids is 1. The van der Waals surface area contributed by atoms with Crippen molar-refractivity contribution in [3.8, 4) is 0 Å². The van der Waals surface area contributed by atoms with Crippen LogP contribution in [0.5, 0.6) is 0 Å². The third-order valence-electron chi connectivity index (χ3n) is 5.12. The summed E-state index contributed by atoms with van der Waals surface area (Å²) < 4.78 is 10.7. The molecule has 1 aliphatic rings. The third kappa shape index (κ3) is 3.35. The minimum Gasteiger partial charge on any atom is -0.339 e. The molecular weight excluding hydrogens is 346 g/mol. The molecule has 6 nitrogen and oxygen atoms in total. The molecule has 0 spiro atoms. The monoisotopic (exact) mass is 369 g/mol. The third-order valence-corrected chi connectivity index (χ3v) is 5.68. The van der Waals surface area contributed by atoms with Gasteiger partial charge in [0.1, 0.15) is 16.9 Å². The molecule has 0 atom stereocenters. The minimum absolute atomic E-state index is 0.101. The molecule has 26 heavy (non-hydrogen) atoms. The number of likely N-dealkylation sites (tertiary alicyclic amines) is 1. The van der Waals surface area contributed by atoms with E-state index in [2.05, 4.69) is 38.3 Å². The predicted molar refractivity (Wildman–Crippen MR) is 102 cm³/mol. The van der Waals surface area contributed by atoms with Gasteiger partial charge in [0.15, 0.2) is 0 Å². The maximum Gasteiger partial charge on any atom is 0.253 e. The smallest absolute Gasteiger partial charge is 0.253 e. The minimum atomic E-state index is 0.101. The van der Waals surface area contributed by atoms with Crippen LogP contribution in [0.1, 0.15) is 48.8 Å². The Hall–Kier alpha value is -2.28. The zero-order valence-electron chi connectivity index (χ0n) is 15.1. The summed E-state index contributed by atoms with van der Waals surface area (Å²) in [5.41, 5.74) is 2.36. The Kier molecular flexibility index (Phi) is 4.72. The van der Waals surface area contributed by atoms with Gasteiger partial charge in [0.2, 0.25) is 0 Å². The molecule has 0 aliphatic carbocycles. The van der Waals surface area contributed by atoms with Gasteiger partial charge in [0, 0.05) is 43.5 Å². The van der Waals surface area contributed by atoms with Gasteiger partial charge in [-0.2, -0.15) is 8.75 Å². The largest absolute Gasteiger partial charge is 0.339 e. The highest BCUT2D eigenvalue weighted by Crippen LogP contribution is 2.23. The lowest BCUT2D eigenvalue weighted by molar-refractivity contribution is 0.0682. The summed E-state index contributed by atoms with van der Waals surface area (Å²) in [7, 11) is 0. The second-order valence-corrected chi connectivity index (χ2v) is 7.82. The molecule has 1 aromatic carbocycles. The molecule has 7 heteroatoms. The molecule has 3 heterocycles. The summed E-state index contributed by atoms with van der Waals surface area (Å²) in [6, 6.07) is 5.59. The van der Waals surface area contributed by atoms with E-state index in [0.29, 0.717) is 17.4 Å². The van der Waals surface area contributed by atoms with Crippen LogP contribution in [0.4, 0.5) is 0 Å². The maximum atomic E-state index is 12.8. The van der Waals surface area contributed by atoms with Crippen LogP contribution in [0, 0.1) is 5.92 Å². The molecule has 0 bridgehead atoms. The molecule has 0 radical (unpaired) electrons. The van der Waals surface area contributed by atoms with Gasteiger partial charge in [0.25, 0.3) is 5.91 Å². The number of nitrogens with zero attached hydrogens (tertiary/aromatic N) is 5. The number of rotatable bonds is 4. The van der Waals surface area contributed by atoms with Crippen molar-refractivity contribution in [1.29, 1.82) is 0 Å². The van der Waals surface area contributed by atoms with E-state index in [9.17, 15) is 4.79 Å². The maximum absolute atomic E-state index is 12.8. The molecule has 2 aromatic heterocycles. The van der Waals surface area contributed by atoms with Gasteiger partial charge in [0.05, 0.1) is 11.7 Å². The molecular formula is C19H23N5OS. The van der Waals surface area contributed by atoms with Crippen molar-refractivity contribution in [2.24, 2.45) is 5.92 Å². The van der Waals surface area contributed by atoms with E-state index in [1.54, 1.807) is 0 Å². The zero-order valence-corrected chi connectivity index (χ0v) is 15.9. The van der Waals surface area contributed by atoms with Crippen molar-refractivity contribution in [3.05, 3.63) is 42.0 Å². The Bertz CT molecular complexity index is 907. The van der Waals surface area contributed by atoms with E-state index < -0.39 is 0 Å². The van der Waals surface area contributed by atoms with Crippen molar-refractivity contribution < 1.29 is 4.79 Å². The number of piperidine rings is 1. The lowest BCUT2D eigenvalue weighted by Gasteiger charge is -2.32. The molecule has 1 amide bonds. The van der Waals surface area contributed by atoms with Crippen LogP contribution >= 0.6 is 11.7 Å². The fourth-order valence-corrected chi connectivity index (χ4v) is 4.19. The summed E-state index contributed by atoms with van der Waals surface area (Å²) in [5.74, 6) is 2.27. The van der Waals surface area contributed by atoms with Crippen molar-refractivity contribution >= 4 is 28.7 Å². The van der Waals surface area contributed by atoms with Crippen LogP contribution in [0.25, 0.3) is 11.0 Å². The number of hydrogen-bond acceptors (Lipinski definition) is 5. The summed E-state index contributed by atoms with van der Waals surface area (Å²) in [6.45, 7) is 6.96. The first kappa shape index (κ1) is 17.1. The number of hydrogen-bond donors (Lipinski definition) is 0. The summed E-state index contributed by atoms with van der Waals surface area (Å²) in [5, 5.41) is 0. The van der Waals surface area contributed by atoms with Crippen molar-refractivity contribution in [2.45, 2.75) is 39.2 Å². The number of fused-ring (bicyclic) bond motifs is 1. The Morgan fingerprint density at radius 3 is 2.77 bits per heavy atom. The Morgan fingerprint density at radius 2 is 2.00 bits per heavy atom. The quantitative estimate of drug-likeness (QED) is 0.705. The van der Waals surface area contributed by atoms with E-state index in [1.807, 2.05) is 29.3 Å². The molecule has 0 N–H and O–H groups in total. The molecule has 1 aliphatic heterocycles. The molecule has 1 saturated heterocycles. The molecule has 136 valence electrons. The Labute approximate surface area is 157 Å². The Morgan fingerprint density at radius 1 is 1.23 bits per heavy atom. The van der Waals surface area contributed by atoms with Gasteiger partial charge in [-0.05, 0) is 37.0 Å². The second kappa shape index (κ2) is 7.15. The van der Waals surface area contributed by atoms with Crippen LogP contribution in [0.2, 0.25) is 0 Å². The summed E-state index contributed by atoms with van der Waals surface area (Å²) >= 11 is 1.18. The number of imidazole rings is 1. The van der Waals surface area contributed by atoms with Crippen molar-refractivity contribution in [1.82, 2.24) is 23.2 Å². The van der Waals surface area contributed by atoms with E-state index in [4.69, 9.17) is 0 Å². The first-order valence-electron chi connectivity index (χ1n) is 9.14.